The number of aromatic nitrogens is 2. The van der Waals surface area contributed by atoms with E-state index in [2.05, 4.69) is 15.5 Å². The van der Waals surface area contributed by atoms with Crippen LogP contribution < -0.4 is 10.9 Å². The van der Waals surface area contributed by atoms with Gasteiger partial charge in [-0.2, -0.15) is 0 Å². The number of oxime groups is 1. The topological polar surface area (TPSA) is 79.0 Å². The smallest absolute Gasteiger partial charge is 0.269 e. The zero-order valence-electron chi connectivity index (χ0n) is 12.2. The fourth-order valence-corrected chi connectivity index (χ4v) is 2.47. The summed E-state index contributed by atoms with van der Waals surface area (Å²) in [5.74, 6) is 0.296. The Kier molecular flexibility index (Phi) is 3.99. The lowest BCUT2D eigenvalue weighted by Crippen LogP contribution is -2.22. The molecule has 3 aromatic rings. The average Bonchev–Trinajstić information content (AvgIpc) is 2.52. The Morgan fingerprint density at radius 1 is 1.35 bits per heavy atom. The highest BCUT2D eigenvalue weighted by Crippen LogP contribution is 2.21. The van der Waals surface area contributed by atoms with E-state index < -0.39 is 0 Å². The molecular weight excluding hydrogens is 316 g/mol. The van der Waals surface area contributed by atoms with E-state index in [1.165, 1.54) is 4.40 Å². The van der Waals surface area contributed by atoms with Gasteiger partial charge in [-0.3, -0.25) is 9.20 Å². The van der Waals surface area contributed by atoms with Crippen LogP contribution in [0.1, 0.15) is 11.1 Å². The van der Waals surface area contributed by atoms with E-state index in [9.17, 15) is 4.79 Å². The molecule has 0 atom stereocenters. The van der Waals surface area contributed by atoms with Crippen molar-refractivity contribution in [3.05, 3.63) is 69.1 Å². The van der Waals surface area contributed by atoms with Crippen LogP contribution in [-0.2, 0) is 0 Å². The summed E-state index contributed by atoms with van der Waals surface area (Å²) in [7, 11) is 0. The molecule has 0 fully saturated rings. The molecule has 2 heterocycles. The molecule has 3 rings (SSSR count). The number of aryl methyl sites for hydroxylation is 1. The number of rotatable bonds is 3. The number of fused-ring (bicyclic) bond motifs is 1. The summed E-state index contributed by atoms with van der Waals surface area (Å²) < 4.78 is 1.41. The predicted molar refractivity (Wildman–Crippen MR) is 90.3 cm³/mol. The van der Waals surface area contributed by atoms with Crippen LogP contribution in [0.2, 0.25) is 5.02 Å². The van der Waals surface area contributed by atoms with E-state index in [0.29, 0.717) is 22.2 Å². The minimum Gasteiger partial charge on any atom is -0.411 e. The molecule has 0 radical (unpaired) electrons. The van der Waals surface area contributed by atoms with E-state index in [4.69, 9.17) is 16.8 Å². The van der Waals surface area contributed by atoms with E-state index in [-0.39, 0.29) is 11.1 Å². The molecule has 0 spiro atoms. The maximum absolute atomic E-state index is 12.6. The quantitative estimate of drug-likeness (QED) is 0.439. The predicted octanol–water partition coefficient (Wildman–Crippen LogP) is 3.21. The number of hydrogen-bond acceptors (Lipinski definition) is 5. The molecular formula is C16H13ClN4O2. The Balaban J connectivity index is 2.24. The first-order valence-corrected chi connectivity index (χ1v) is 7.20. The first kappa shape index (κ1) is 15.1. The zero-order valence-corrected chi connectivity index (χ0v) is 12.9. The van der Waals surface area contributed by atoms with Gasteiger partial charge in [0.1, 0.15) is 17.0 Å². The van der Waals surface area contributed by atoms with Crippen molar-refractivity contribution in [1.29, 1.82) is 0 Å². The Labute approximate surface area is 136 Å². The molecule has 116 valence electrons. The van der Waals surface area contributed by atoms with Crippen LogP contribution in [0.25, 0.3) is 5.65 Å². The van der Waals surface area contributed by atoms with E-state index in [1.807, 2.05) is 13.0 Å². The second kappa shape index (κ2) is 6.10. The largest absolute Gasteiger partial charge is 0.411 e. The van der Waals surface area contributed by atoms with E-state index >= 15 is 0 Å². The fraction of sp³-hybridized carbons (Fsp3) is 0.0625. The third-order valence-corrected chi connectivity index (χ3v) is 3.59. The summed E-state index contributed by atoms with van der Waals surface area (Å²) in [4.78, 5) is 17.1. The second-order valence-electron chi connectivity index (χ2n) is 4.94. The van der Waals surface area contributed by atoms with Crippen molar-refractivity contribution < 1.29 is 5.21 Å². The Hall–Kier alpha value is -2.86. The lowest BCUT2D eigenvalue weighted by atomic mass is 10.2. The van der Waals surface area contributed by atoms with E-state index in [1.54, 1.807) is 36.5 Å². The van der Waals surface area contributed by atoms with Gasteiger partial charge in [0.15, 0.2) is 0 Å². The van der Waals surface area contributed by atoms with Crippen molar-refractivity contribution >= 4 is 35.0 Å². The number of benzene rings is 1. The number of halogens is 1. The van der Waals surface area contributed by atoms with Gasteiger partial charge < -0.3 is 10.5 Å². The minimum absolute atomic E-state index is 0.149. The van der Waals surface area contributed by atoms with Gasteiger partial charge in [0.05, 0.1) is 6.21 Å². The highest BCUT2D eigenvalue weighted by molar-refractivity contribution is 6.30. The van der Waals surface area contributed by atoms with Gasteiger partial charge in [-0.05, 0) is 36.8 Å². The Bertz CT molecular complexity index is 966. The first-order chi connectivity index (χ1) is 11.1. The molecule has 2 N–H and O–H groups in total. The van der Waals surface area contributed by atoms with Gasteiger partial charge >= 0.3 is 0 Å². The average molecular weight is 329 g/mol. The molecule has 1 aromatic carbocycles. The molecule has 0 aliphatic heterocycles. The summed E-state index contributed by atoms with van der Waals surface area (Å²) in [5, 5.41) is 15.4. The first-order valence-electron chi connectivity index (χ1n) is 6.82. The van der Waals surface area contributed by atoms with Crippen LogP contribution >= 0.6 is 11.6 Å². The summed E-state index contributed by atoms with van der Waals surface area (Å²) in [5.41, 5.74) is 1.87. The fourth-order valence-electron chi connectivity index (χ4n) is 2.28. The Morgan fingerprint density at radius 3 is 2.91 bits per heavy atom. The van der Waals surface area contributed by atoms with Crippen molar-refractivity contribution in [1.82, 2.24) is 9.38 Å². The maximum atomic E-state index is 12.6. The number of pyridine rings is 1. The molecule has 6 nitrogen and oxygen atoms in total. The van der Waals surface area contributed by atoms with Crippen LogP contribution in [0, 0.1) is 6.92 Å². The van der Waals surface area contributed by atoms with Gasteiger partial charge in [-0.25, -0.2) is 4.98 Å². The molecule has 0 amide bonds. The van der Waals surface area contributed by atoms with Gasteiger partial charge in [0.2, 0.25) is 0 Å². The number of hydrogen-bond donors (Lipinski definition) is 2. The number of nitrogens with zero attached hydrogens (tertiary/aromatic N) is 3. The summed E-state index contributed by atoms with van der Waals surface area (Å²) in [6.07, 6.45) is 2.69. The summed E-state index contributed by atoms with van der Waals surface area (Å²) in [6, 6.07) is 10.7. The molecule has 7 heteroatoms. The van der Waals surface area contributed by atoms with Crippen LogP contribution in [0.5, 0.6) is 0 Å². The normalized spacial score (nSPS) is 11.2. The highest BCUT2D eigenvalue weighted by atomic mass is 35.5. The Morgan fingerprint density at radius 2 is 2.17 bits per heavy atom. The monoisotopic (exact) mass is 328 g/mol. The summed E-state index contributed by atoms with van der Waals surface area (Å²) in [6.45, 7) is 1.87. The second-order valence-corrected chi connectivity index (χ2v) is 5.38. The van der Waals surface area contributed by atoms with Gasteiger partial charge in [-0.15, -0.1) is 0 Å². The molecule has 23 heavy (non-hydrogen) atoms. The van der Waals surface area contributed by atoms with Crippen LogP contribution in [0.15, 0.2) is 52.5 Å². The van der Waals surface area contributed by atoms with Crippen molar-refractivity contribution in [2.75, 3.05) is 5.32 Å². The molecule has 0 aliphatic carbocycles. The standard InChI is InChI=1S/C16H13ClN4O2/c1-10-4-3-7-21-15(10)20-14(13(9-18-23)16(21)22)19-12-6-2-5-11(17)8-12/h2-9,19,23H,1H3. The third-order valence-electron chi connectivity index (χ3n) is 3.36. The molecule has 0 saturated carbocycles. The molecule has 0 unspecified atom stereocenters. The van der Waals surface area contributed by atoms with Gasteiger partial charge in [0, 0.05) is 16.9 Å². The zero-order chi connectivity index (χ0) is 16.4. The SMILES string of the molecule is Cc1cccn2c(=O)c(C=NO)c(Nc3cccc(Cl)c3)nc12. The van der Waals surface area contributed by atoms with Crippen molar-refractivity contribution in [3.63, 3.8) is 0 Å². The molecule has 0 saturated heterocycles. The van der Waals surface area contributed by atoms with E-state index in [0.717, 1.165) is 11.8 Å². The van der Waals surface area contributed by atoms with Gasteiger partial charge in [0.25, 0.3) is 5.56 Å². The van der Waals surface area contributed by atoms with Gasteiger partial charge in [-0.1, -0.05) is 28.9 Å². The lowest BCUT2D eigenvalue weighted by molar-refractivity contribution is 0.322. The molecule has 2 aromatic heterocycles. The minimum atomic E-state index is -0.332. The van der Waals surface area contributed by atoms with Crippen LogP contribution in [0.3, 0.4) is 0 Å². The number of anilines is 2. The van der Waals surface area contributed by atoms with Crippen LogP contribution in [-0.4, -0.2) is 20.8 Å². The van der Waals surface area contributed by atoms with Crippen LogP contribution in [0.4, 0.5) is 11.5 Å². The summed E-state index contributed by atoms with van der Waals surface area (Å²) >= 11 is 5.97. The third kappa shape index (κ3) is 2.89. The van der Waals surface area contributed by atoms with Crippen molar-refractivity contribution in [2.45, 2.75) is 6.92 Å². The highest BCUT2D eigenvalue weighted by Gasteiger charge is 2.13. The maximum Gasteiger partial charge on any atom is 0.269 e. The number of nitrogens with one attached hydrogen (secondary N) is 1. The molecule has 0 aliphatic rings. The van der Waals surface area contributed by atoms with Crippen molar-refractivity contribution in [3.8, 4) is 0 Å². The lowest BCUT2D eigenvalue weighted by Gasteiger charge is -2.11. The molecule has 0 bridgehead atoms. The van der Waals surface area contributed by atoms with Crippen molar-refractivity contribution in [2.24, 2.45) is 5.16 Å².